The number of carbonyl (C=O) groups excluding carboxylic acids is 1. The molecular weight excluding hydrogens is 380 g/mol. The first kappa shape index (κ1) is 19.6. The van der Waals surface area contributed by atoms with Crippen LogP contribution in [0.1, 0.15) is 17.4 Å². The molecule has 0 aliphatic heterocycles. The van der Waals surface area contributed by atoms with Crippen molar-refractivity contribution in [1.82, 2.24) is 15.0 Å². The Kier molecular flexibility index (Phi) is 6.05. The number of thiophene rings is 1. The molecule has 28 heavy (non-hydrogen) atoms. The van der Waals surface area contributed by atoms with E-state index in [0.717, 1.165) is 16.9 Å². The van der Waals surface area contributed by atoms with Crippen molar-refractivity contribution in [2.75, 3.05) is 14.2 Å². The van der Waals surface area contributed by atoms with Gasteiger partial charge in [0.15, 0.2) is 11.5 Å². The number of fused-ring (bicyclic) bond motifs is 1. The van der Waals surface area contributed by atoms with E-state index in [-0.39, 0.29) is 12.1 Å². The summed E-state index contributed by atoms with van der Waals surface area (Å²) in [7, 11) is 3.10. The molecule has 0 saturated carbocycles. The summed E-state index contributed by atoms with van der Waals surface area (Å²) in [5.74, 6) is 0.738. The normalized spacial score (nSPS) is 11.1. The van der Waals surface area contributed by atoms with Crippen molar-refractivity contribution in [1.29, 1.82) is 0 Å². The second kappa shape index (κ2) is 8.66. The van der Waals surface area contributed by atoms with Crippen LogP contribution in [0.4, 0.5) is 0 Å². The van der Waals surface area contributed by atoms with Crippen molar-refractivity contribution in [3.05, 3.63) is 51.4 Å². The number of amides is 1. The zero-order valence-electron chi connectivity index (χ0n) is 15.8. The monoisotopic (exact) mass is 400 g/mol. The molecule has 0 atom stereocenters. The van der Waals surface area contributed by atoms with Crippen LogP contribution in [0, 0.1) is 0 Å². The number of ether oxygens (including phenoxy) is 2. The molecule has 0 aliphatic rings. The van der Waals surface area contributed by atoms with Gasteiger partial charge in [-0.1, -0.05) is 6.92 Å². The predicted molar refractivity (Wildman–Crippen MR) is 109 cm³/mol. The van der Waals surface area contributed by atoms with Crippen LogP contribution in [0.3, 0.4) is 0 Å². The van der Waals surface area contributed by atoms with Crippen LogP contribution in [0.5, 0.6) is 11.5 Å². The van der Waals surface area contributed by atoms with Crippen molar-refractivity contribution in [2.45, 2.75) is 19.9 Å². The van der Waals surface area contributed by atoms with Gasteiger partial charge in [-0.3, -0.25) is 14.2 Å². The van der Waals surface area contributed by atoms with E-state index in [1.807, 2.05) is 13.0 Å². The second-order valence-electron chi connectivity index (χ2n) is 5.87. The Hall–Kier alpha value is -3.20. The highest BCUT2D eigenvalue weighted by molar-refractivity contribution is 7.18. The third kappa shape index (κ3) is 4.20. The summed E-state index contributed by atoms with van der Waals surface area (Å²) in [6, 6.07) is 7.09. The molecule has 2 aromatic heterocycles. The molecule has 0 saturated heterocycles. The Morgan fingerprint density at radius 3 is 2.79 bits per heavy atom. The maximum Gasteiger partial charge on any atom is 0.262 e. The molecule has 2 heterocycles. The first-order valence-corrected chi connectivity index (χ1v) is 9.39. The van der Waals surface area contributed by atoms with Crippen LogP contribution in [0.15, 0.2) is 40.5 Å². The second-order valence-corrected chi connectivity index (χ2v) is 6.99. The van der Waals surface area contributed by atoms with E-state index in [1.165, 1.54) is 28.4 Å². The van der Waals surface area contributed by atoms with Crippen molar-refractivity contribution >= 4 is 33.7 Å². The smallest absolute Gasteiger partial charge is 0.262 e. The molecule has 3 aromatic rings. The largest absolute Gasteiger partial charge is 0.493 e. The highest BCUT2D eigenvalue weighted by Gasteiger charge is 2.10. The Morgan fingerprint density at radius 2 is 2.07 bits per heavy atom. The number of hydrogen-bond acceptors (Lipinski definition) is 7. The van der Waals surface area contributed by atoms with Gasteiger partial charge in [-0.05, 0) is 36.2 Å². The Morgan fingerprint density at radius 1 is 1.29 bits per heavy atom. The summed E-state index contributed by atoms with van der Waals surface area (Å²) in [4.78, 5) is 30.7. The van der Waals surface area contributed by atoms with Gasteiger partial charge in [0.2, 0.25) is 0 Å². The van der Waals surface area contributed by atoms with Crippen LogP contribution >= 0.6 is 11.3 Å². The molecule has 0 fully saturated rings. The van der Waals surface area contributed by atoms with Gasteiger partial charge >= 0.3 is 0 Å². The van der Waals surface area contributed by atoms with Crippen LogP contribution in [-0.4, -0.2) is 35.9 Å². The number of aryl methyl sites for hydroxylation is 1. The van der Waals surface area contributed by atoms with Crippen LogP contribution < -0.4 is 20.5 Å². The SMILES string of the molecule is CCc1cc2c(=O)n(CC(=O)N/N=C/c3ccc(OC)c(OC)c3)cnc2s1. The fourth-order valence-electron chi connectivity index (χ4n) is 2.60. The maximum absolute atomic E-state index is 12.5. The zero-order chi connectivity index (χ0) is 20.1. The minimum absolute atomic E-state index is 0.164. The van der Waals surface area contributed by atoms with E-state index in [4.69, 9.17) is 9.47 Å². The van der Waals surface area contributed by atoms with E-state index in [1.54, 1.807) is 32.4 Å². The molecule has 0 unspecified atom stereocenters. The first-order valence-electron chi connectivity index (χ1n) is 8.57. The van der Waals surface area contributed by atoms with E-state index in [2.05, 4.69) is 15.5 Å². The molecule has 8 nitrogen and oxygen atoms in total. The predicted octanol–water partition coefficient (Wildman–Crippen LogP) is 2.19. The number of carbonyl (C=O) groups is 1. The Bertz CT molecular complexity index is 1090. The maximum atomic E-state index is 12.5. The van der Waals surface area contributed by atoms with Gasteiger partial charge in [-0.25, -0.2) is 10.4 Å². The third-order valence-electron chi connectivity index (χ3n) is 4.04. The zero-order valence-corrected chi connectivity index (χ0v) is 16.6. The highest BCUT2D eigenvalue weighted by Crippen LogP contribution is 2.26. The highest BCUT2D eigenvalue weighted by atomic mass is 32.1. The van der Waals surface area contributed by atoms with Crippen molar-refractivity contribution in [3.8, 4) is 11.5 Å². The molecule has 3 rings (SSSR count). The number of benzene rings is 1. The molecule has 9 heteroatoms. The molecule has 146 valence electrons. The van der Waals surface area contributed by atoms with E-state index in [9.17, 15) is 9.59 Å². The lowest BCUT2D eigenvalue weighted by atomic mass is 10.2. The molecule has 0 bridgehead atoms. The minimum Gasteiger partial charge on any atom is -0.493 e. The lowest BCUT2D eigenvalue weighted by Gasteiger charge is -2.07. The number of methoxy groups -OCH3 is 2. The van der Waals surface area contributed by atoms with Gasteiger partial charge in [-0.2, -0.15) is 5.10 Å². The Balaban J connectivity index is 1.67. The molecule has 1 amide bonds. The Labute approximate surface area is 165 Å². The number of nitrogens with one attached hydrogen (secondary N) is 1. The number of hydrazone groups is 1. The van der Waals surface area contributed by atoms with Crippen LogP contribution in [0.2, 0.25) is 0 Å². The lowest BCUT2D eigenvalue weighted by molar-refractivity contribution is -0.121. The lowest BCUT2D eigenvalue weighted by Crippen LogP contribution is -2.29. The van der Waals surface area contributed by atoms with E-state index in [0.29, 0.717) is 21.7 Å². The molecule has 1 aromatic carbocycles. The topological polar surface area (TPSA) is 94.8 Å². The van der Waals surface area contributed by atoms with Crippen molar-refractivity contribution < 1.29 is 14.3 Å². The van der Waals surface area contributed by atoms with Gasteiger partial charge in [-0.15, -0.1) is 11.3 Å². The fraction of sp³-hybridized carbons (Fsp3) is 0.263. The average molecular weight is 400 g/mol. The number of aromatic nitrogens is 2. The van der Waals surface area contributed by atoms with Crippen LogP contribution in [0.25, 0.3) is 10.2 Å². The molecule has 0 radical (unpaired) electrons. The summed E-state index contributed by atoms with van der Waals surface area (Å²) in [5.41, 5.74) is 2.90. The van der Waals surface area contributed by atoms with Crippen molar-refractivity contribution in [3.63, 3.8) is 0 Å². The number of hydrogen-bond donors (Lipinski definition) is 1. The molecule has 0 aliphatic carbocycles. The van der Waals surface area contributed by atoms with Gasteiger partial charge in [0.1, 0.15) is 11.4 Å². The van der Waals surface area contributed by atoms with Gasteiger partial charge in [0.25, 0.3) is 11.5 Å². The summed E-state index contributed by atoms with van der Waals surface area (Å²) >= 11 is 1.49. The van der Waals surface area contributed by atoms with Gasteiger partial charge in [0.05, 0.1) is 32.1 Å². The van der Waals surface area contributed by atoms with Gasteiger partial charge in [0, 0.05) is 4.88 Å². The quantitative estimate of drug-likeness (QED) is 0.485. The average Bonchev–Trinajstić information content (AvgIpc) is 3.14. The number of rotatable bonds is 7. The van der Waals surface area contributed by atoms with Gasteiger partial charge < -0.3 is 9.47 Å². The van der Waals surface area contributed by atoms with E-state index < -0.39 is 5.91 Å². The van der Waals surface area contributed by atoms with Crippen molar-refractivity contribution in [2.24, 2.45) is 5.10 Å². The summed E-state index contributed by atoms with van der Waals surface area (Å²) in [6.07, 6.45) is 3.71. The van der Waals surface area contributed by atoms with Crippen LogP contribution in [-0.2, 0) is 17.8 Å². The first-order chi connectivity index (χ1) is 13.5. The molecule has 0 spiro atoms. The summed E-state index contributed by atoms with van der Waals surface area (Å²) in [6.45, 7) is 1.86. The third-order valence-corrected chi connectivity index (χ3v) is 5.23. The number of nitrogens with zero attached hydrogens (tertiary/aromatic N) is 3. The minimum atomic E-state index is -0.425. The summed E-state index contributed by atoms with van der Waals surface area (Å²) < 4.78 is 11.7. The summed E-state index contributed by atoms with van der Waals surface area (Å²) in [5, 5.41) is 4.46. The van der Waals surface area contributed by atoms with E-state index >= 15 is 0 Å². The molecular formula is C19H20N4O4S. The standard InChI is InChI=1S/C19H20N4O4S/c1-4-13-8-14-18(28-13)20-11-23(19(14)25)10-17(24)22-21-9-12-5-6-15(26-2)16(7-12)27-3/h5-9,11H,4,10H2,1-3H3,(H,22,24)/b21-9+. The fourth-order valence-corrected chi connectivity index (χ4v) is 3.52. The molecule has 1 N–H and O–H groups in total.